The Kier molecular flexibility index (Phi) is 9.37. The summed E-state index contributed by atoms with van der Waals surface area (Å²) in [5, 5.41) is 4.33. The number of hydrogen-bond acceptors (Lipinski definition) is 6. The van der Waals surface area contributed by atoms with Crippen LogP contribution in [0.15, 0.2) is 16.6 Å². The molecule has 1 aliphatic carbocycles. The van der Waals surface area contributed by atoms with E-state index in [1.807, 2.05) is 12.1 Å². The SMILES string of the molecule is CCOC(=O)c1c(NC(=O)C2CCCCC2)sc2c(OCCN(CC)CC)c(Br)ccc12. The molecule has 0 spiro atoms. The summed E-state index contributed by atoms with van der Waals surface area (Å²) in [7, 11) is 0. The van der Waals surface area contributed by atoms with Gasteiger partial charge in [-0.2, -0.15) is 0 Å². The smallest absolute Gasteiger partial charge is 0.341 e. The molecule has 1 heterocycles. The molecule has 0 saturated heterocycles. The molecule has 0 radical (unpaired) electrons. The summed E-state index contributed by atoms with van der Waals surface area (Å²) in [4.78, 5) is 28.1. The Morgan fingerprint density at radius 3 is 2.53 bits per heavy atom. The normalized spacial score (nSPS) is 14.7. The number of halogens is 1. The van der Waals surface area contributed by atoms with E-state index in [0.717, 1.165) is 59.9 Å². The summed E-state index contributed by atoms with van der Waals surface area (Å²) < 4.78 is 13.2. The Hall–Kier alpha value is -1.64. The van der Waals surface area contributed by atoms with Gasteiger partial charge >= 0.3 is 5.97 Å². The van der Waals surface area contributed by atoms with Crippen LogP contribution >= 0.6 is 27.3 Å². The minimum absolute atomic E-state index is 0.000495. The van der Waals surface area contributed by atoms with E-state index in [-0.39, 0.29) is 18.4 Å². The van der Waals surface area contributed by atoms with Crippen molar-refractivity contribution in [2.75, 3.05) is 38.2 Å². The maximum Gasteiger partial charge on any atom is 0.341 e. The van der Waals surface area contributed by atoms with Crippen LogP contribution in [0.1, 0.15) is 63.2 Å². The van der Waals surface area contributed by atoms with Crippen molar-refractivity contribution in [3.63, 3.8) is 0 Å². The highest BCUT2D eigenvalue weighted by Gasteiger charge is 2.27. The fourth-order valence-corrected chi connectivity index (χ4v) is 5.90. The summed E-state index contributed by atoms with van der Waals surface area (Å²) in [6, 6.07) is 3.77. The molecule has 0 bridgehead atoms. The van der Waals surface area contributed by atoms with Crippen LogP contribution in [0.5, 0.6) is 5.75 Å². The van der Waals surface area contributed by atoms with Crippen LogP contribution in [0, 0.1) is 5.92 Å². The monoisotopic (exact) mass is 524 g/mol. The van der Waals surface area contributed by atoms with Crippen molar-refractivity contribution in [3.8, 4) is 5.75 Å². The minimum Gasteiger partial charge on any atom is -0.490 e. The van der Waals surface area contributed by atoms with Gasteiger partial charge in [-0.3, -0.25) is 4.79 Å². The minimum atomic E-state index is -0.422. The van der Waals surface area contributed by atoms with Gasteiger partial charge in [0.15, 0.2) is 5.75 Å². The number of carbonyl (C=O) groups excluding carboxylic acids is 2. The van der Waals surface area contributed by atoms with Crippen LogP contribution in [0.2, 0.25) is 0 Å². The van der Waals surface area contributed by atoms with Gasteiger partial charge in [0.1, 0.15) is 17.2 Å². The van der Waals surface area contributed by atoms with E-state index in [2.05, 4.69) is 40.0 Å². The highest BCUT2D eigenvalue weighted by molar-refractivity contribution is 9.10. The van der Waals surface area contributed by atoms with Crippen LogP contribution in [0.4, 0.5) is 5.00 Å². The van der Waals surface area contributed by atoms with Gasteiger partial charge in [0.25, 0.3) is 0 Å². The zero-order valence-electron chi connectivity index (χ0n) is 19.2. The third kappa shape index (κ3) is 5.83. The topological polar surface area (TPSA) is 67.9 Å². The fourth-order valence-electron chi connectivity index (χ4n) is 4.14. The number of rotatable bonds is 10. The second-order valence-electron chi connectivity index (χ2n) is 7.98. The third-order valence-corrected chi connectivity index (χ3v) is 7.75. The van der Waals surface area contributed by atoms with E-state index in [1.165, 1.54) is 17.8 Å². The zero-order chi connectivity index (χ0) is 23.1. The Bertz CT molecular complexity index is 936. The van der Waals surface area contributed by atoms with Crippen LogP contribution in [-0.4, -0.2) is 49.6 Å². The third-order valence-electron chi connectivity index (χ3n) is 6.01. The van der Waals surface area contributed by atoms with E-state index in [0.29, 0.717) is 22.9 Å². The average molecular weight is 526 g/mol. The number of thiophene rings is 1. The molecule has 1 amide bonds. The van der Waals surface area contributed by atoms with Crippen LogP contribution in [0.25, 0.3) is 10.1 Å². The van der Waals surface area contributed by atoms with E-state index in [9.17, 15) is 9.59 Å². The largest absolute Gasteiger partial charge is 0.490 e. The number of carbonyl (C=O) groups is 2. The van der Waals surface area contributed by atoms with E-state index in [4.69, 9.17) is 9.47 Å². The molecule has 1 aromatic heterocycles. The summed E-state index contributed by atoms with van der Waals surface area (Å²) >= 11 is 4.98. The van der Waals surface area contributed by atoms with Crippen molar-refractivity contribution in [1.29, 1.82) is 0 Å². The van der Waals surface area contributed by atoms with Gasteiger partial charge in [0, 0.05) is 17.8 Å². The van der Waals surface area contributed by atoms with Gasteiger partial charge in [0.2, 0.25) is 5.91 Å². The lowest BCUT2D eigenvalue weighted by Gasteiger charge is -2.20. The summed E-state index contributed by atoms with van der Waals surface area (Å²) in [6.07, 6.45) is 5.13. The number of fused-ring (bicyclic) bond motifs is 1. The lowest BCUT2D eigenvalue weighted by atomic mass is 9.89. The molecular weight excluding hydrogens is 492 g/mol. The van der Waals surface area contributed by atoms with Crippen molar-refractivity contribution < 1.29 is 19.1 Å². The molecule has 176 valence electrons. The maximum atomic E-state index is 12.9. The molecule has 6 nitrogen and oxygen atoms in total. The second kappa shape index (κ2) is 12.0. The molecule has 3 rings (SSSR count). The number of anilines is 1. The van der Waals surface area contributed by atoms with Gasteiger partial charge in [-0.25, -0.2) is 4.79 Å². The van der Waals surface area contributed by atoms with Crippen LogP contribution in [0.3, 0.4) is 0 Å². The Balaban J connectivity index is 1.93. The average Bonchev–Trinajstić information content (AvgIpc) is 3.16. The first kappa shape index (κ1) is 25.0. The Morgan fingerprint density at radius 2 is 1.88 bits per heavy atom. The van der Waals surface area contributed by atoms with Crippen LogP contribution < -0.4 is 10.1 Å². The van der Waals surface area contributed by atoms with Crippen LogP contribution in [-0.2, 0) is 9.53 Å². The van der Waals surface area contributed by atoms with Crippen molar-refractivity contribution in [2.45, 2.75) is 52.9 Å². The van der Waals surface area contributed by atoms with Gasteiger partial charge < -0.3 is 19.7 Å². The van der Waals surface area contributed by atoms with E-state index in [1.54, 1.807) is 6.92 Å². The molecule has 0 unspecified atom stereocenters. The van der Waals surface area contributed by atoms with Gasteiger partial charge in [-0.15, -0.1) is 11.3 Å². The fraction of sp³-hybridized carbons (Fsp3) is 0.583. The van der Waals surface area contributed by atoms with E-state index < -0.39 is 5.97 Å². The van der Waals surface area contributed by atoms with Gasteiger partial charge in [-0.05, 0) is 54.9 Å². The molecule has 0 aliphatic heterocycles. The standard InChI is InChI=1S/C24H33BrN2O4S/c1-4-27(5-2)14-15-31-20-18(25)13-12-17-19(24(29)30-6-3)23(32-21(17)20)26-22(28)16-10-8-7-9-11-16/h12-13,16H,4-11,14-15H2,1-3H3,(H,26,28). The molecule has 2 aromatic rings. The second-order valence-corrected chi connectivity index (χ2v) is 9.85. The quantitative estimate of drug-likeness (QED) is 0.381. The van der Waals surface area contributed by atoms with Crippen molar-refractivity contribution in [3.05, 3.63) is 22.2 Å². The first-order valence-electron chi connectivity index (χ1n) is 11.6. The Labute approximate surface area is 202 Å². The number of nitrogens with zero attached hydrogens (tertiary/aromatic N) is 1. The number of nitrogens with one attached hydrogen (secondary N) is 1. The highest BCUT2D eigenvalue weighted by atomic mass is 79.9. The number of benzene rings is 1. The first-order chi connectivity index (χ1) is 15.5. The molecule has 32 heavy (non-hydrogen) atoms. The number of hydrogen-bond donors (Lipinski definition) is 1. The lowest BCUT2D eigenvalue weighted by Crippen LogP contribution is -2.27. The molecule has 1 aliphatic rings. The number of ether oxygens (including phenoxy) is 2. The van der Waals surface area contributed by atoms with Crippen molar-refractivity contribution >= 4 is 54.2 Å². The molecule has 1 aromatic carbocycles. The lowest BCUT2D eigenvalue weighted by molar-refractivity contribution is -0.120. The molecule has 1 saturated carbocycles. The van der Waals surface area contributed by atoms with Crippen molar-refractivity contribution in [2.24, 2.45) is 5.92 Å². The first-order valence-corrected chi connectivity index (χ1v) is 13.2. The number of likely N-dealkylation sites (N-methyl/N-ethyl adjacent to an activating group) is 1. The molecule has 1 N–H and O–H groups in total. The zero-order valence-corrected chi connectivity index (χ0v) is 21.6. The highest BCUT2D eigenvalue weighted by Crippen LogP contribution is 2.45. The molecular formula is C24H33BrN2O4S. The predicted molar refractivity (Wildman–Crippen MR) is 134 cm³/mol. The number of amides is 1. The molecule has 1 fully saturated rings. The summed E-state index contributed by atoms with van der Waals surface area (Å²) in [5.41, 5.74) is 0.414. The summed E-state index contributed by atoms with van der Waals surface area (Å²) in [5.74, 6) is 0.267. The van der Waals surface area contributed by atoms with E-state index >= 15 is 0 Å². The predicted octanol–water partition coefficient (Wildman–Crippen LogP) is 6.08. The van der Waals surface area contributed by atoms with Crippen molar-refractivity contribution in [1.82, 2.24) is 4.90 Å². The molecule has 0 atom stereocenters. The Morgan fingerprint density at radius 1 is 1.16 bits per heavy atom. The van der Waals surface area contributed by atoms with Gasteiger partial charge in [0.05, 0.1) is 15.8 Å². The number of esters is 1. The van der Waals surface area contributed by atoms with Gasteiger partial charge in [-0.1, -0.05) is 39.2 Å². The molecule has 8 heteroatoms. The maximum absolute atomic E-state index is 12.9. The summed E-state index contributed by atoms with van der Waals surface area (Å²) in [6.45, 7) is 9.61.